The van der Waals surface area contributed by atoms with Crippen molar-refractivity contribution >= 4 is 5.91 Å². The number of hydrogen-bond acceptors (Lipinski definition) is 2. The fourth-order valence-electron chi connectivity index (χ4n) is 2.86. The molecule has 1 rings (SSSR count). The predicted molar refractivity (Wildman–Crippen MR) is 76.2 cm³/mol. The molecule has 0 aliphatic heterocycles. The molecule has 1 aliphatic carbocycles. The molecule has 0 bridgehead atoms. The SMILES string of the molecule is CCCC(CC1CCCC1)C(=O)NCC(C)CN. The minimum atomic E-state index is 0.225. The monoisotopic (exact) mass is 254 g/mol. The van der Waals surface area contributed by atoms with E-state index in [1.54, 1.807) is 0 Å². The fraction of sp³-hybridized carbons (Fsp3) is 0.933. The zero-order valence-electron chi connectivity index (χ0n) is 12.1. The number of nitrogens with one attached hydrogen (secondary N) is 1. The molecule has 2 unspecified atom stereocenters. The highest BCUT2D eigenvalue weighted by Gasteiger charge is 2.24. The Balaban J connectivity index is 2.36. The highest BCUT2D eigenvalue weighted by atomic mass is 16.1. The Hall–Kier alpha value is -0.570. The van der Waals surface area contributed by atoms with Crippen molar-refractivity contribution in [2.75, 3.05) is 13.1 Å². The van der Waals surface area contributed by atoms with Gasteiger partial charge in [0, 0.05) is 12.5 Å². The van der Waals surface area contributed by atoms with Crippen LogP contribution in [0.3, 0.4) is 0 Å². The van der Waals surface area contributed by atoms with E-state index in [0.29, 0.717) is 12.5 Å². The third-order valence-electron chi connectivity index (χ3n) is 4.13. The zero-order valence-corrected chi connectivity index (χ0v) is 12.1. The Morgan fingerprint density at radius 1 is 1.39 bits per heavy atom. The number of rotatable bonds is 8. The normalized spacial score (nSPS) is 19.7. The van der Waals surface area contributed by atoms with Gasteiger partial charge in [0.25, 0.3) is 0 Å². The van der Waals surface area contributed by atoms with E-state index < -0.39 is 0 Å². The maximum atomic E-state index is 12.2. The smallest absolute Gasteiger partial charge is 0.223 e. The minimum Gasteiger partial charge on any atom is -0.356 e. The lowest BCUT2D eigenvalue weighted by atomic mass is 9.89. The van der Waals surface area contributed by atoms with E-state index in [2.05, 4.69) is 19.2 Å². The van der Waals surface area contributed by atoms with Crippen LogP contribution in [0.1, 0.15) is 58.8 Å². The first-order chi connectivity index (χ1) is 8.67. The molecule has 0 aromatic heterocycles. The lowest BCUT2D eigenvalue weighted by Gasteiger charge is -2.20. The Morgan fingerprint density at radius 3 is 2.61 bits per heavy atom. The van der Waals surface area contributed by atoms with Gasteiger partial charge in [0.2, 0.25) is 5.91 Å². The average molecular weight is 254 g/mol. The summed E-state index contributed by atoms with van der Waals surface area (Å²) in [5, 5.41) is 3.07. The van der Waals surface area contributed by atoms with Crippen LogP contribution in [0.2, 0.25) is 0 Å². The van der Waals surface area contributed by atoms with Crippen molar-refractivity contribution in [2.24, 2.45) is 23.5 Å². The standard InChI is InChI=1S/C15H30N2O/c1-3-6-14(9-13-7-4-5-8-13)15(18)17-11-12(2)10-16/h12-14H,3-11,16H2,1-2H3,(H,17,18). The molecule has 0 radical (unpaired) electrons. The molecular weight excluding hydrogens is 224 g/mol. The van der Waals surface area contributed by atoms with Gasteiger partial charge in [-0.3, -0.25) is 4.79 Å². The summed E-state index contributed by atoms with van der Waals surface area (Å²) >= 11 is 0. The quantitative estimate of drug-likeness (QED) is 0.699. The van der Waals surface area contributed by atoms with E-state index in [9.17, 15) is 4.79 Å². The molecule has 3 heteroatoms. The van der Waals surface area contributed by atoms with Crippen LogP contribution < -0.4 is 11.1 Å². The van der Waals surface area contributed by atoms with Crippen LogP contribution in [0.25, 0.3) is 0 Å². The molecule has 1 aliphatic rings. The topological polar surface area (TPSA) is 55.1 Å². The Kier molecular flexibility index (Phi) is 7.33. The van der Waals surface area contributed by atoms with Crippen LogP contribution in [0.4, 0.5) is 0 Å². The van der Waals surface area contributed by atoms with Crippen LogP contribution in [-0.4, -0.2) is 19.0 Å². The molecule has 0 saturated heterocycles. The molecule has 1 saturated carbocycles. The summed E-state index contributed by atoms with van der Waals surface area (Å²) < 4.78 is 0. The van der Waals surface area contributed by atoms with Crippen LogP contribution in [-0.2, 0) is 4.79 Å². The predicted octanol–water partition coefficient (Wildman–Crippen LogP) is 2.69. The van der Waals surface area contributed by atoms with Gasteiger partial charge >= 0.3 is 0 Å². The van der Waals surface area contributed by atoms with Crippen molar-refractivity contribution in [2.45, 2.75) is 58.8 Å². The second kappa shape index (κ2) is 8.52. The van der Waals surface area contributed by atoms with E-state index in [-0.39, 0.29) is 11.8 Å². The zero-order chi connectivity index (χ0) is 13.4. The number of carbonyl (C=O) groups excluding carboxylic acids is 1. The van der Waals surface area contributed by atoms with Crippen molar-refractivity contribution in [1.82, 2.24) is 5.32 Å². The van der Waals surface area contributed by atoms with Crippen LogP contribution in [0, 0.1) is 17.8 Å². The largest absolute Gasteiger partial charge is 0.356 e. The first kappa shape index (κ1) is 15.5. The Bertz CT molecular complexity index is 237. The van der Waals surface area contributed by atoms with Gasteiger partial charge in [0.15, 0.2) is 0 Å². The molecule has 106 valence electrons. The maximum absolute atomic E-state index is 12.2. The van der Waals surface area contributed by atoms with Gasteiger partial charge in [0.1, 0.15) is 0 Å². The van der Waals surface area contributed by atoms with Gasteiger partial charge in [-0.15, -0.1) is 0 Å². The molecule has 0 heterocycles. The summed E-state index contributed by atoms with van der Waals surface area (Å²) in [5.74, 6) is 1.65. The van der Waals surface area contributed by atoms with Gasteiger partial charge in [-0.25, -0.2) is 0 Å². The number of amides is 1. The van der Waals surface area contributed by atoms with E-state index in [1.165, 1.54) is 25.7 Å². The first-order valence-electron chi connectivity index (χ1n) is 7.65. The Morgan fingerprint density at radius 2 is 2.06 bits per heavy atom. The summed E-state index contributed by atoms with van der Waals surface area (Å²) in [6.07, 6.45) is 8.58. The highest BCUT2D eigenvalue weighted by Crippen LogP contribution is 2.31. The van der Waals surface area contributed by atoms with Gasteiger partial charge in [-0.2, -0.15) is 0 Å². The molecule has 0 spiro atoms. The summed E-state index contributed by atoms with van der Waals surface area (Å²) in [6.45, 7) is 5.60. The van der Waals surface area contributed by atoms with Gasteiger partial charge in [-0.05, 0) is 31.2 Å². The molecule has 1 amide bonds. The minimum absolute atomic E-state index is 0.225. The molecule has 2 atom stereocenters. The van der Waals surface area contributed by atoms with Gasteiger partial charge < -0.3 is 11.1 Å². The molecule has 18 heavy (non-hydrogen) atoms. The van der Waals surface area contributed by atoms with Gasteiger partial charge in [-0.1, -0.05) is 46.0 Å². The molecule has 1 fully saturated rings. The average Bonchev–Trinajstić information content (AvgIpc) is 2.87. The third-order valence-corrected chi connectivity index (χ3v) is 4.13. The van der Waals surface area contributed by atoms with E-state index in [0.717, 1.165) is 31.7 Å². The molecule has 3 nitrogen and oxygen atoms in total. The lowest BCUT2D eigenvalue weighted by Crippen LogP contribution is -2.36. The lowest BCUT2D eigenvalue weighted by molar-refractivity contribution is -0.126. The number of carbonyl (C=O) groups is 1. The fourth-order valence-corrected chi connectivity index (χ4v) is 2.86. The van der Waals surface area contributed by atoms with Crippen molar-refractivity contribution < 1.29 is 4.79 Å². The molecule has 0 aromatic rings. The number of hydrogen-bond donors (Lipinski definition) is 2. The molecule has 3 N–H and O–H groups in total. The van der Waals surface area contributed by atoms with Crippen molar-refractivity contribution in [3.8, 4) is 0 Å². The second-order valence-corrected chi connectivity index (χ2v) is 5.96. The summed E-state index contributed by atoms with van der Waals surface area (Å²) in [6, 6.07) is 0. The first-order valence-corrected chi connectivity index (χ1v) is 7.65. The van der Waals surface area contributed by atoms with E-state index in [1.807, 2.05) is 0 Å². The van der Waals surface area contributed by atoms with Crippen molar-refractivity contribution in [3.05, 3.63) is 0 Å². The second-order valence-electron chi connectivity index (χ2n) is 5.96. The van der Waals surface area contributed by atoms with Crippen molar-refractivity contribution in [1.29, 1.82) is 0 Å². The van der Waals surface area contributed by atoms with Crippen LogP contribution >= 0.6 is 0 Å². The number of nitrogens with two attached hydrogens (primary N) is 1. The maximum Gasteiger partial charge on any atom is 0.223 e. The van der Waals surface area contributed by atoms with Crippen LogP contribution in [0.15, 0.2) is 0 Å². The molecule has 0 aromatic carbocycles. The van der Waals surface area contributed by atoms with Crippen LogP contribution in [0.5, 0.6) is 0 Å². The van der Waals surface area contributed by atoms with E-state index >= 15 is 0 Å². The summed E-state index contributed by atoms with van der Waals surface area (Å²) in [5.41, 5.74) is 5.57. The summed E-state index contributed by atoms with van der Waals surface area (Å²) in [4.78, 5) is 12.2. The third kappa shape index (κ3) is 5.38. The molecular formula is C15H30N2O. The summed E-state index contributed by atoms with van der Waals surface area (Å²) in [7, 11) is 0. The Labute approximate surface area is 112 Å². The van der Waals surface area contributed by atoms with Crippen molar-refractivity contribution in [3.63, 3.8) is 0 Å². The van der Waals surface area contributed by atoms with E-state index in [4.69, 9.17) is 5.73 Å². The van der Waals surface area contributed by atoms with Gasteiger partial charge in [0.05, 0.1) is 0 Å². The highest BCUT2D eigenvalue weighted by molar-refractivity contribution is 5.78.